The van der Waals surface area contributed by atoms with E-state index in [0.717, 1.165) is 33.4 Å². The van der Waals surface area contributed by atoms with E-state index in [1.807, 2.05) is 85.8 Å². The Labute approximate surface area is 181 Å². The van der Waals surface area contributed by atoms with Crippen molar-refractivity contribution in [3.05, 3.63) is 107 Å². The Kier molecular flexibility index (Phi) is 5.80. The van der Waals surface area contributed by atoms with Gasteiger partial charge in [-0.3, -0.25) is 4.79 Å². The monoisotopic (exact) mass is 409 g/mol. The van der Waals surface area contributed by atoms with Gasteiger partial charge in [0.25, 0.3) is 0 Å². The Hall–Kier alpha value is -3.92. The lowest BCUT2D eigenvalue weighted by atomic mass is 9.99. The summed E-state index contributed by atoms with van der Waals surface area (Å²) in [6.07, 6.45) is 3.41. The maximum atomic E-state index is 13.4. The number of ether oxygens (including phenoxy) is 1. The molecule has 0 radical (unpaired) electrons. The summed E-state index contributed by atoms with van der Waals surface area (Å²) < 4.78 is 6.80. The molecule has 0 bridgehead atoms. The van der Waals surface area contributed by atoms with Crippen LogP contribution in [0.3, 0.4) is 0 Å². The molecule has 4 rings (SSSR count). The van der Waals surface area contributed by atoms with Gasteiger partial charge in [-0.05, 0) is 48.4 Å². The van der Waals surface area contributed by atoms with Crippen LogP contribution in [-0.4, -0.2) is 23.4 Å². The number of benzene rings is 3. The quantitative estimate of drug-likeness (QED) is 0.238. The molecule has 4 aromatic rings. The standard InChI is InChI=1S/C27H23NO3/c1-19-27(25(29)18-20-9-5-3-6-10-20)23-17-21(14-16-26(30)31-2)13-15-24(23)28(19)22-11-7-4-8-12-22/h3-17H,18H2,1-2H3/b16-14+. The van der Waals surface area contributed by atoms with E-state index < -0.39 is 5.97 Å². The van der Waals surface area contributed by atoms with Gasteiger partial charge in [-0.15, -0.1) is 0 Å². The molecule has 3 aromatic carbocycles. The molecule has 0 amide bonds. The van der Waals surface area contributed by atoms with Gasteiger partial charge < -0.3 is 9.30 Å². The summed E-state index contributed by atoms with van der Waals surface area (Å²) in [5.74, 6) is -0.351. The van der Waals surface area contributed by atoms with Gasteiger partial charge in [0, 0.05) is 34.8 Å². The summed E-state index contributed by atoms with van der Waals surface area (Å²) in [6, 6.07) is 25.7. The molecule has 154 valence electrons. The van der Waals surface area contributed by atoms with Crippen molar-refractivity contribution in [3.8, 4) is 5.69 Å². The van der Waals surface area contributed by atoms with E-state index in [1.54, 1.807) is 6.08 Å². The molecule has 4 nitrogen and oxygen atoms in total. The zero-order valence-electron chi connectivity index (χ0n) is 17.5. The number of hydrogen-bond donors (Lipinski definition) is 0. The number of ketones is 1. The van der Waals surface area contributed by atoms with Gasteiger partial charge in [0.2, 0.25) is 0 Å². The number of nitrogens with zero attached hydrogens (tertiary/aromatic N) is 1. The fourth-order valence-electron chi connectivity index (χ4n) is 3.90. The van der Waals surface area contributed by atoms with Gasteiger partial charge in [-0.1, -0.05) is 54.6 Å². The Bertz CT molecular complexity index is 1270. The number of esters is 1. The first-order valence-electron chi connectivity index (χ1n) is 10.1. The molecule has 0 unspecified atom stereocenters. The second-order valence-corrected chi connectivity index (χ2v) is 7.35. The van der Waals surface area contributed by atoms with E-state index in [0.29, 0.717) is 12.0 Å². The third-order valence-corrected chi connectivity index (χ3v) is 5.34. The molecule has 4 heteroatoms. The number of carbonyl (C=O) groups is 2. The molecule has 0 spiro atoms. The van der Waals surface area contributed by atoms with Crippen LogP contribution in [-0.2, 0) is 16.0 Å². The lowest BCUT2D eigenvalue weighted by Gasteiger charge is -2.08. The van der Waals surface area contributed by atoms with Crippen molar-refractivity contribution in [2.75, 3.05) is 7.11 Å². The summed E-state index contributed by atoms with van der Waals surface area (Å²) in [4.78, 5) is 24.9. The Morgan fingerprint density at radius 1 is 0.935 bits per heavy atom. The maximum absolute atomic E-state index is 13.4. The minimum Gasteiger partial charge on any atom is -0.466 e. The molecule has 1 heterocycles. The van der Waals surface area contributed by atoms with Crippen LogP contribution in [0.5, 0.6) is 0 Å². The van der Waals surface area contributed by atoms with Crippen molar-refractivity contribution in [3.63, 3.8) is 0 Å². The van der Waals surface area contributed by atoms with Gasteiger partial charge >= 0.3 is 5.97 Å². The van der Waals surface area contributed by atoms with Crippen molar-refractivity contribution in [2.45, 2.75) is 13.3 Å². The van der Waals surface area contributed by atoms with Crippen LogP contribution >= 0.6 is 0 Å². The van der Waals surface area contributed by atoms with Crippen LogP contribution in [0.2, 0.25) is 0 Å². The van der Waals surface area contributed by atoms with Crippen molar-refractivity contribution in [1.82, 2.24) is 4.57 Å². The van der Waals surface area contributed by atoms with E-state index >= 15 is 0 Å². The normalized spacial score (nSPS) is 11.2. The maximum Gasteiger partial charge on any atom is 0.330 e. The largest absolute Gasteiger partial charge is 0.466 e. The van der Waals surface area contributed by atoms with Crippen molar-refractivity contribution in [1.29, 1.82) is 0 Å². The van der Waals surface area contributed by atoms with Gasteiger partial charge in [0.1, 0.15) is 0 Å². The van der Waals surface area contributed by atoms with Crippen LogP contribution in [0.1, 0.15) is 27.2 Å². The first kappa shape index (κ1) is 20.4. The SMILES string of the molecule is COC(=O)/C=C/c1ccc2c(c1)c(C(=O)Cc1ccccc1)c(C)n2-c1ccccc1. The molecule has 0 atom stereocenters. The summed E-state index contributed by atoms with van der Waals surface area (Å²) >= 11 is 0. The molecular weight excluding hydrogens is 386 g/mol. The van der Waals surface area contributed by atoms with Crippen LogP contribution in [0, 0.1) is 6.92 Å². The Morgan fingerprint density at radius 2 is 1.61 bits per heavy atom. The number of para-hydroxylation sites is 1. The number of aromatic nitrogens is 1. The summed E-state index contributed by atoms with van der Waals surface area (Å²) in [5, 5.41) is 0.870. The zero-order chi connectivity index (χ0) is 21.8. The van der Waals surface area contributed by atoms with E-state index in [-0.39, 0.29) is 5.78 Å². The third kappa shape index (κ3) is 4.19. The molecule has 1 aromatic heterocycles. The smallest absolute Gasteiger partial charge is 0.330 e. The summed E-state index contributed by atoms with van der Waals surface area (Å²) in [7, 11) is 1.35. The summed E-state index contributed by atoms with van der Waals surface area (Å²) in [5.41, 5.74) is 5.37. The van der Waals surface area contributed by atoms with Crippen LogP contribution in [0.15, 0.2) is 84.9 Å². The number of hydrogen-bond acceptors (Lipinski definition) is 3. The van der Waals surface area contributed by atoms with Gasteiger partial charge in [0.05, 0.1) is 12.6 Å². The minimum atomic E-state index is -0.418. The number of fused-ring (bicyclic) bond motifs is 1. The first-order valence-corrected chi connectivity index (χ1v) is 10.1. The first-order chi connectivity index (χ1) is 15.1. The third-order valence-electron chi connectivity index (χ3n) is 5.34. The fourth-order valence-corrected chi connectivity index (χ4v) is 3.90. The highest BCUT2D eigenvalue weighted by Crippen LogP contribution is 2.31. The Morgan fingerprint density at radius 3 is 2.29 bits per heavy atom. The van der Waals surface area contributed by atoms with Crippen molar-refractivity contribution < 1.29 is 14.3 Å². The number of carbonyl (C=O) groups excluding carboxylic acids is 2. The molecule has 0 aliphatic heterocycles. The zero-order valence-corrected chi connectivity index (χ0v) is 17.5. The molecule has 0 fully saturated rings. The number of Topliss-reactive ketones (excluding diaryl/α,β-unsaturated/α-hetero) is 1. The number of rotatable bonds is 6. The van der Waals surface area contributed by atoms with Gasteiger partial charge in [0.15, 0.2) is 5.78 Å². The molecule has 0 aliphatic carbocycles. The predicted octanol–water partition coefficient (Wildman–Crippen LogP) is 5.55. The van der Waals surface area contributed by atoms with Crippen LogP contribution < -0.4 is 0 Å². The second kappa shape index (κ2) is 8.84. The highest BCUT2D eigenvalue weighted by atomic mass is 16.5. The molecular formula is C27H23NO3. The molecule has 31 heavy (non-hydrogen) atoms. The number of methoxy groups -OCH3 is 1. The van der Waals surface area contributed by atoms with Crippen LogP contribution in [0.25, 0.3) is 22.7 Å². The molecule has 0 saturated carbocycles. The molecule has 0 N–H and O–H groups in total. The fraction of sp³-hybridized carbons (Fsp3) is 0.111. The van der Waals surface area contributed by atoms with Gasteiger partial charge in [-0.2, -0.15) is 0 Å². The highest BCUT2D eigenvalue weighted by Gasteiger charge is 2.21. The van der Waals surface area contributed by atoms with Crippen molar-refractivity contribution in [2.24, 2.45) is 0 Å². The van der Waals surface area contributed by atoms with Crippen molar-refractivity contribution >= 4 is 28.7 Å². The molecule has 0 aliphatic rings. The second-order valence-electron chi connectivity index (χ2n) is 7.35. The summed E-state index contributed by atoms with van der Waals surface area (Å²) in [6.45, 7) is 1.98. The van der Waals surface area contributed by atoms with E-state index in [2.05, 4.69) is 9.30 Å². The van der Waals surface area contributed by atoms with E-state index in [4.69, 9.17) is 0 Å². The lowest BCUT2D eigenvalue weighted by Crippen LogP contribution is -2.06. The van der Waals surface area contributed by atoms with Gasteiger partial charge in [-0.25, -0.2) is 4.79 Å². The van der Waals surface area contributed by atoms with E-state index in [9.17, 15) is 9.59 Å². The average molecular weight is 409 g/mol. The lowest BCUT2D eigenvalue weighted by molar-refractivity contribution is -0.134. The highest BCUT2D eigenvalue weighted by molar-refractivity contribution is 6.11. The average Bonchev–Trinajstić information content (AvgIpc) is 3.09. The Balaban J connectivity index is 1.87. The molecule has 0 saturated heterocycles. The van der Waals surface area contributed by atoms with E-state index in [1.165, 1.54) is 13.2 Å². The van der Waals surface area contributed by atoms with Crippen LogP contribution in [0.4, 0.5) is 0 Å². The topological polar surface area (TPSA) is 48.3 Å². The predicted molar refractivity (Wildman–Crippen MR) is 124 cm³/mol. The minimum absolute atomic E-state index is 0.0671.